The van der Waals surface area contributed by atoms with Crippen LogP contribution in [-0.2, 0) is 17.4 Å². The number of aromatic nitrogens is 4. The maximum Gasteiger partial charge on any atom is 0.329 e. The molecular formula is C12H15N5O2S. The van der Waals surface area contributed by atoms with Crippen molar-refractivity contribution in [3.63, 3.8) is 0 Å². The highest BCUT2D eigenvalue weighted by Crippen LogP contribution is 2.28. The molecule has 20 heavy (non-hydrogen) atoms. The van der Waals surface area contributed by atoms with Gasteiger partial charge in [0.05, 0.1) is 0 Å². The summed E-state index contributed by atoms with van der Waals surface area (Å²) in [4.78, 5) is 11.8. The molecule has 0 amide bonds. The molecule has 8 heteroatoms. The van der Waals surface area contributed by atoms with E-state index in [9.17, 15) is 9.90 Å². The van der Waals surface area contributed by atoms with Gasteiger partial charge >= 0.3 is 5.97 Å². The summed E-state index contributed by atoms with van der Waals surface area (Å²) in [6.07, 6.45) is 0. The molecule has 1 atom stereocenters. The first kappa shape index (κ1) is 14.5. The number of hydrogen-bond acceptors (Lipinski definition) is 6. The summed E-state index contributed by atoms with van der Waals surface area (Å²) in [6, 6.07) is 9.07. The number of aryl methyl sites for hydroxylation is 1. The minimum Gasteiger partial charge on any atom is -0.480 e. The van der Waals surface area contributed by atoms with Crippen LogP contribution < -0.4 is 5.32 Å². The lowest BCUT2D eigenvalue weighted by atomic mass is 9.92. The second-order valence-electron chi connectivity index (χ2n) is 4.20. The molecule has 2 aromatic rings. The normalized spacial score (nSPS) is 13.9. The molecule has 0 saturated carbocycles. The van der Waals surface area contributed by atoms with Crippen LogP contribution >= 0.6 is 11.8 Å². The summed E-state index contributed by atoms with van der Waals surface area (Å²) in [5.74, 6) is -0.661. The predicted molar refractivity (Wildman–Crippen MR) is 74.3 cm³/mol. The average molecular weight is 293 g/mol. The number of benzene rings is 1. The molecule has 1 aromatic heterocycles. The third-order valence-corrected chi connectivity index (χ3v) is 4.24. The molecule has 2 N–H and O–H groups in total. The highest BCUT2D eigenvalue weighted by molar-refractivity contribution is 7.99. The Labute approximate surface area is 120 Å². The van der Waals surface area contributed by atoms with Crippen molar-refractivity contribution in [2.24, 2.45) is 7.05 Å². The van der Waals surface area contributed by atoms with E-state index in [1.165, 1.54) is 16.4 Å². The second-order valence-corrected chi connectivity index (χ2v) is 5.14. The highest BCUT2D eigenvalue weighted by atomic mass is 32.2. The Hall–Kier alpha value is -1.93. The Morgan fingerprint density at radius 3 is 2.65 bits per heavy atom. The second kappa shape index (κ2) is 6.02. The molecule has 0 aliphatic carbocycles. The quantitative estimate of drug-likeness (QED) is 0.749. The van der Waals surface area contributed by atoms with E-state index in [0.29, 0.717) is 10.7 Å². The van der Waals surface area contributed by atoms with E-state index in [1.54, 1.807) is 26.2 Å². The number of carboxylic acid groups (broad SMARTS) is 1. The van der Waals surface area contributed by atoms with Crippen molar-refractivity contribution in [3.8, 4) is 0 Å². The molecule has 1 heterocycles. The molecule has 0 spiro atoms. The lowest BCUT2D eigenvalue weighted by Crippen LogP contribution is -2.49. The first-order valence-corrected chi connectivity index (χ1v) is 6.91. The Morgan fingerprint density at radius 1 is 1.45 bits per heavy atom. The number of aliphatic carboxylic acids is 1. The van der Waals surface area contributed by atoms with Crippen LogP contribution in [0.2, 0.25) is 0 Å². The van der Waals surface area contributed by atoms with Crippen LogP contribution in [0.1, 0.15) is 5.56 Å². The minimum absolute atomic E-state index is 0.275. The molecule has 7 nitrogen and oxygen atoms in total. The minimum atomic E-state index is -1.18. The van der Waals surface area contributed by atoms with Crippen LogP contribution in [0.4, 0.5) is 0 Å². The largest absolute Gasteiger partial charge is 0.480 e. The highest BCUT2D eigenvalue weighted by Gasteiger charge is 2.39. The number of likely N-dealkylation sites (N-methyl/N-ethyl adjacent to an activating group) is 1. The van der Waals surface area contributed by atoms with Crippen molar-refractivity contribution in [1.29, 1.82) is 0 Å². The number of nitrogens with zero attached hydrogens (tertiary/aromatic N) is 4. The van der Waals surface area contributed by atoms with E-state index < -0.39 is 11.5 Å². The number of carbonyl (C=O) groups is 1. The molecule has 0 saturated heterocycles. The molecule has 0 aliphatic heterocycles. The predicted octanol–water partition coefficient (Wildman–Crippen LogP) is 0.502. The zero-order chi connectivity index (χ0) is 14.6. The summed E-state index contributed by atoms with van der Waals surface area (Å²) < 4.78 is 1.51. The fourth-order valence-corrected chi connectivity index (χ4v) is 2.93. The number of carboxylic acids is 1. The van der Waals surface area contributed by atoms with Crippen molar-refractivity contribution in [2.75, 3.05) is 12.8 Å². The monoisotopic (exact) mass is 293 g/mol. The van der Waals surface area contributed by atoms with E-state index in [2.05, 4.69) is 20.8 Å². The summed E-state index contributed by atoms with van der Waals surface area (Å²) >= 11 is 1.29. The van der Waals surface area contributed by atoms with Crippen LogP contribution in [0.25, 0.3) is 0 Å². The topological polar surface area (TPSA) is 92.9 Å². The Morgan fingerprint density at radius 2 is 2.15 bits per heavy atom. The lowest BCUT2D eigenvalue weighted by molar-refractivity contribution is -0.144. The number of tetrazole rings is 1. The standard InChI is InChI=1S/C12H15N5O2S/c1-13-12(10(18)19,9-6-4-3-5-7-9)8-20-11-14-15-16-17(11)2/h3-7,13H,8H2,1-2H3,(H,18,19). The number of rotatable bonds is 6. The van der Waals surface area contributed by atoms with Gasteiger partial charge in [-0.25, -0.2) is 9.48 Å². The van der Waals surface area contributed by atoms with Crippen molar-refractivity contribution in [3.05, 3.63) is 35.9 Å². The molecule has 106 valence electrons. The summed E-state index contributed by atoms with van der Waals surface area (Å²) in [5.41, 5.74) is -0.490. The van der Waals surface area contributed by atoms with Crippen LogP contribution in [0, 0.1) is 0 Å². The van der Waals surface area contributed by atoms with Crippen LogP contribution in [0.5, 0.6) is 0 Å². The lowest BCUT2D eigenvalue weighted by Gasteiger charge is -2.28. The number of hydrogen-bond donors (Lipinski definition) is 2. The zero-order valence-corrected chi connectivity index (χ0v) is 12.0. The summed E-state index contributed by atoms with van der Waals surface area (Å²) in [7, 11) is 3.35. The SMILES string of the molecule is CNC(CSc1nnnn1C)(C(=O)O)c1ccccc1. The van der Waals surface area contributed by atoms with E-state index >= 15 is 0 Å². The number of thioether (sulfide) groups is 1. The van der Waals surface area contributed by atoms with E-state index in [0.717, 1.165) is 0 Å². The average Bonchev–Trinajstić information content (AvgIpc) is 2.86. The van der Waals surface area contributed by atoms with Gasteiger partial charge in [0.1, 0.15) is 0 Å². The van der Waals surface area contributed by atoms with Gasteiger partial charge in [0, 0.05) is 12.8 Å². The van der Waals surface area contributed by atoms with Gasteiger partial charge in [-0.05, 0) is 23.0 Å². The molecule has 0 fully saturated rings. The Bertz CT molecular complexity index is 589. The third-order valence-electron chi connectivity index (χ3n) is 3.06. The smallest absolute Gasteiger partial charge is 0.329 e. The molecule has 0 radical (unpaired) electrons. The van der Waals surface area contributed by atoms with Gasteiger partial charge in [-0.15, -0.1) is 5.10 Å². The fraction of sp³-hybridized carbons (Fsp3) is 0.333. The van der Waals surface area contributed by atoms with Gasteiger partial charge < -0.3 is 10.4 Å². The van der Waals surface area contributed by atoms with Crippen LogP contribution in [-0.4, -0.2) is 44.1 Å². The summed E-state index contributed by atoms with van der Waals surface area (Å²) in [6.45, 7) is 0. The van der Waals surface area contributed by atoms with Crippen molar-refractivity contribution < 1.29 is 9.90 Å². The zero-order valence-electron chi connectivity index (χ0n) is 11.1. The van der Waals surface area contributed by atoms with Gasteiger partial charge in [0.15, 0.2) is 5.54 Å². The maximum absolute atomic E-state index is 11.8. The van der Waals surface area contributed by atoms with E-state index in [-0.39, 0.29) is 5.75 Å². The van der Waals surface area contributed by atoms with Gasteiger partial charge in [-0.3, -0.25) is 0 Å². The van der Waals surface area contributed by atoms with Crippen molar-refractivity contribution in [1.82, 2.24) is 25.5 Å². The van der Waals surface area contributed by atoms with Crippen LogP contribution in [0.3, 0.4) is 0 Å². The molecule has 1 aromatic carbocycles. The van der Waals surface area contributed by atoms with Gasteiger partial charge in [-0.1, -0.05) is 42.1 Å². The molecule has 2 rings (SSSR count). The Balaban J connectivity index is 2.29. The molecular weight excluding hydrogens is 278 g/mol. The molecule has 0 bridgehead atoms. The first-order valence-electron chi connectivity index (χ1n) is 5.93. The van der Waals surface area contributed by atoms with Gasteiger partial charge in [0.25, 0.3) is 0 Å². The third kappa shape index (κ3) is 2.66. The van der Waals surface area contributed by atoms with Crippen molar-refractivity contribution in [2.45, 2.75) is 10.7 Å². The molecule has 0 aliphatic rings. The van der Waals surface area contributed by atoms with Gasteiger partial charge in [-0.2, -0.15) is 0 Å². The van der Waals surface area contributed by atoms with Gasteiger partial charge in [0.2, 0.25) is 5.16 Å². The van der Waals surface area contributed by atoms with E-state index in [4.69, 9.17) is 0 Å². The van der Waals surface area contributed by atoms with E-state index in [1.807, 2.05) is 18.2 Å². The summed E-state index contributed by atoms with van der Waals surface area (Å²) in [5, 5.41) is 24.2. The Kier molecular flexibility index (Phi) is 4.35. The first-order chi connectivity index (χ1) is 9.60. The number of nitrogens with one attached hydrogen (secondary N) is 1. The van der Waals surface area contributed by atoms with Crippen molar-refractivity contribution >= 4 is 17.7 Å². The van der Waals surface area contributed by atoms with Crippen LogP contribution in [0.15, 0.2) is 35.5 Å². The fourth-order valence-electron chi connectivity index (χ4n) is 1.83. The maximum atomic E-state index is 11.8. The molecule has 1 unspecified atom stereocenters.